The first-order valence-electron chi connectivity index (χ1n) is 7.48. The predicted octanol–water partition coefficient (Wildman–Crippen LogP) is 1.93. The molecule has 0 saturated carbocycles. The van der Waals surface area contributed by atoms with Crippen LogP contribution in [0, 0.1) is 0 Å². The molecule has 0 radical (unpaired) electrons. The zero-order valence-corrected chi connectivity index (χ0v) is 13.4. The predicted molar refractivity (Wildman–Crippen MR) is 87.9 cm³/mol. The molecule has 0 aliphatic carbocycles. The number of methoxy groups -OCH3 is 1. The number of hydrogen-bond donors (Lipinski definition) is 3. The van der Waals surface area contributed by atoms with Crippen LogP contribution in [0.3, 0.4) is 0 Å². The van der Waals surface area contributed by atoms with Gasteiger partial charge in [-0.2, -0.15) is 9.97 Å². The van der Waals surface area contributed by atoms with E-state index in [9.17, 15) is 0 Å². The smallest absolute Gasteiger partial charge is 0.232 e. The van der Waals surface area contributed by atoms with Gasteiger partial charge in [0, 0.05) is 19.9 Å². The van der Waals surface area contributed by atoms with Crippen molar-refractivity contribution in [2.24, 2.45) is 0 Å². The van der Waals surface area contributed by atoms with Gasteiger partial charge < -0.3 is 20.4 Å². The third kappa shape index (κ3) is 3.24. The van der Waals surface area contributed by atoms with Crippen LogP contribution in [0.5, 0.6) is 0 Å². The quantitative estimate of drug-likeness (QED) is 0.611. The second-order valence-corrected chi connectivity index (χ2v) is 5.18. The maximum Gasteiger partial charge on any atom is 0.232 e. The molecule has 0 fully saturated rings. The molecule has 0 bridgehead atoms. The van der Waals surface area contributed by atoms with E-state index >= 15 is 0 Å². The summed E-state index contributed by atoms with van der Waals surface area (Å²) in [4.78, 5) is 12.0. The highest BCUT2D eigenvalue weighted by atomic mass is 16.5. The summed E-state index contributed by atoms with van der Waals surface area (Å²) in [5.74, 6) is 1.82. The van der Waals surface area contributed by atoms with Gasteiger partial charge in [-0.25, -0.2) is 4.68 Å². The monoisotopic (exact) mass is 316 g/mol. The lowest BCUT2D eigenvalue weighted by Crippen LogP contribution is -2.11. The first-order chi connectivity index (χ1) is 11.2. The number of rotatable bonds is 7. The fraction of sp³-hybridized carbons (Fsp3) is 0.429. The van der Waals surface area contributed by atoms with E-state index in [1.54, 1.807) is 18.0 Å². The molecule has 0 unspecified atom stereocenters. The average Bonchev–Trinajstić information content (AvgIpc) is 3.17. The Kier molecular flexibility index (Phi) is 4.38. The van der Waals surface area contributed by atoms with Crippen LogP contribution in [-0.4, -0.2) is 50.2 Å². The van der Waals surface area contributed by atoms with Crippen molar-refractivity contribution in [1.82, 2.24) is 29.9 Å². The molecule has 23 heavy (non-hydrogen) atoms. The summed E-state index contributed by atoms with van der Waals surface area (Å²) in [6.45, 7) is 5.38. The summed E-state index contributed by atoms with van der Waals surface area (Å²) in [5, 5.41) is 15.5. The van der Waals surface area contributed by atoms with E-state index in [0.717, 1.165) is 23.4 Å². The van der Waals surface area contributed by atoms with Crippen molar-refractivity contribution in [2.75, 3.05) is 30.9 Å². The zero-order valence-electron chi connectivity index (χ0n) is 13.4. The average molecular weight is 316 g/mol. The molecule has 3 aromatic heterocycles. The minimum absolute atomic E-state index is 0.104. The first kappa shape index (κ1) is 15.2. The molecule has 122 valence electrons. The van der Waals surface area contributed by atoms with Crippen LogP contribution in [0.1, 0.15) is 19.9 Å². The van der Waals surface area contributed by atoms with Gasteiger partial charge in [0.15, 0.2) is 5.82 Å². The fourth-order valence-corrected chi connectivity index (χ4v) is 2.28. The van der Waals surface area contributed by atoms with Crippen molar-refractivity contribution in [3.8, 4) is 0 Å². The first-order valence-corrected chi connectivity index (χ1v) is 7.48. The maximum atomic E-state index is 5.12. The Balaban J connectivity index is 1.83. The van der Waals surface area contributed by atoms with Crippen LogP contribution in [-0.2, 0) is 4.74 Å². The SMILES string of the molecule is CCNc1nc(Nc2cn([C@H](C)COC)nn2)nc2[nH]ccc12. The Morgan fingerprint density at radius 1 is 1.39 bits per heavy atom. The summed E-state index contributed by atoms with van der Waals surface area (Å²) in [7, 11) is 1.66. The number of H-pyrrole nitrogens is 1. The molecular formula is C14H20N8O. The van der Waals surface area contributed by atoms with E-state index in [4.69, 9.17) is 4.74 Å². The minimum atomic E-state index is 0.104. The lowest BCUT2D eigenvalue weighted by atomic mass is 10.3. The summed E-state index contributed by atoms with van der Waals surface area (Å²) >= 11 is 0. The summed E-state index contributed by atoms with van der Waals surface area (Å²) in [5.41, 5.74) is 0.763. The molecule has 0 saturated heterocycles. The van der Waals surface area contributed by atoms with Crippen LogP contribution in [0.2, 0.25) is 0 Å². The standard InChI is InChI=1S/C14H20N8O/c1-4-15-12-10-5-6-16-13(10)19-14(18-12)17-11-7-22(21-20-11)9(2)8-23-3/h5-7,9H,4,8H2,1-3H3,(H3,15,16,17,18,19)/t9-/m1/s1. The van der Waals surface area contributed by atoms with E-state index in [1.165, 1.54) is 0 Å². The number of ether oxygens (including phenoxy) is 1. The highest BCUT2D eigenvalue weighted by Crippen LogP contribution is 2.22. The van der Waals surface area contributed by atoms with E-state index in [-0.39, 0.29) is 6.04 Å². The highest BCUT2D eigenvalue weighted by Gasteiger charge is 2.11. The Hall–Kier alpha value is -2.68. The Morgan fingerprint density at radius 2 is 2.26 bits per heavy atom. The van der Waals surface area contributed by atoms with Crippen molar-refractivity contribution < 1.29 is 4.74 Å². The molecule has 1 atom stereocenters. The minimum Gasteiger partial charge on any atom is -0.382 e. The molecule has 9 heteroatoms. The van der Waals surface area contributed by atoms with Crippen LogP contribution in [0.15, 0.2) is 18.5 Å². The Morgan fingerprint density at radius 3 is 3.04 bits per heavy atom. The lowest BCUT2D eigenvalue weighted by Gasteiger charge is -2.09. The molecule has 0 aromatic carbocycles. The van der Waals surface area contributed by atoms with Gasteiger partial charge in [0.05, 0.1) is 24.2 Å². The van der Waals surface area contributed by atoms with Crippen molar-refractivity contribution in [3.05, 3.63) is 18.5 Å². The van der Waals surface area contributed by atoms with Gasteiger partial charge in [-0.15, -0.1) is 5.10 Å². The van der Waals surface area contributed by atoms with Crippen molar-refractivity contribution >= 4 is 28.6 Å². The van der Waals surface area contributed by atoms with Crippen molar-refractivity contribution in [1.29, 1.82) is 0 Å². The fourth-order valence-electron chi connectivity index (χ4n) is 2.28. The Bertz CT molecular complexity index is 780. The molecule has 0 aliphatic rings. The van der Waals surface area contributed by atoms with Gasteiger partial charge in [0.2, 0.25) is 5.95 Å². The molecular weight excluding hydrogens is 296 g/mol. The molecule has 0 amide bonds. The number of fused-ring (bicyclic) bond motifs is 1. The second kappa shape index (κ2) is 6.61. The third-order valence-corrected chi connectivity index (χ3v) is 3.37. The lowest BCUT2D eigenvalue weighted by molar-refractivity contribution is 0.156. The van der Waals surface area contributed by atoms with Crippen molar-refractivity contribution in [3.63, 3.8) is 0 Å². The number of aromatic amines is 1. The largest absolute Gasteiger partial charge is 0.382 e. The molecule has 9 nitrogen and oxygen atoms in total. The number of nitrogens with one attached hydrogen (secondary N) is 3. The number of hydrogen-bond acceptors (Lipinski definition) is 7. The topological polar surface area (TPSA) is 106 Å². The number of aromatic nitrogens is 6. The van der Waals surface area contributed by atoms with Gasteiger partial charge in [-0.3, -0.25) is 0 Å². The number of anilines is 3. The zero-order chi connectivity index (χ0) is 16.2. The van der Waals surface area contributed by atoms with E-state index in [2.05, 4.69) is 35.9 Å². The molecule has 0 spiro atoms. The summed E-state index contributed by atoms with van der Waals surface area (Å²) in [6.07, 6.45) is 3.64. The maximum absolute atomic E-state index is 5.12. The van der Waals surface area contributed by atoms with Crippen LogP contribution in [0.25, 0.3) is 11.0 Å². The molecule has 3 aromatic rings. The van der Waals surface area contributed by atoms with E-state index < -0.39 is 0 Å². The van der Waals surface area contributed by atoms with Gasteiger partial charge >= 0.3 is 0 Å². The molecule has 3 rings (SSSR count). The van der Waals surface area contributed by atoms with Crippen LogP contribution >= 0.6 is 0 Å². The highest BCUT2D eigenvalue weighted by molar-refractivity contribution is 5.88. The van der Waals surface area contributed by atoms with Gasteiger partial charge in [0.25, 0.3) is 0 Å². The second-order valence-electron chi connectivity index (χ2n) is 5.18. The molecule has 3 N–H and O–H groups in total. The number of nitrogens with zero attached hydrogens (tertiary/aromatic N) is 5. The van der Waals surface area contributed by atoms with E-state index in [1.807, 2.05) is 26.1 Å². The third-order valence-electron chi connectivity index (χ3n) is 3.37. The Labute approximate surface area is 133 Å². The van der Waals surface area contributed by atoms with Gasteiger partial charge in [-0.05, 0) is 19.9 Å². The van der Waals surface area contributed by atoms with Crippen LogP contribution < -0.4 is 10.6 Å². The van der Waals surface area contributed by atoms with E-state index in [0.29, 0.717) is 18.4 Å². The molecule has 3 heterocycles. The van der Waals surface area contributed by atoms with Gasteiger partial charge in [0.1, 0.15) is 11.5 Å². The molecule has 0 aliphatic heterocycles. The normalized spacial score (nSPS) is 12.5. The van der Waals surface area contributed by atoms with Crippen LogP contribution in [0.4, 0.5) is 17.6 Å². The van der Waals surface area contributed by atoms with Gasteiger partial charge in [-0.1, -0.05) is 5.21 Å². The summed E-state index contributed by atoms with van der Waals surface area (Å²) < 4.78 is 6.86. The summed E-state index contributed by atoms with van der Waals surface area (Å²) in [6, 6.07) is 2.05. The van der Waals surface area contributed by atoms with Crippen molar-refractivity contribution in [2.45, 2.75) is 19.9 Å².